The number of benzene rings is 2. The first-order chi connectivity index (χ1) is 18.2. The predicted molar refractivity (Wildman–Crippen MR) is 132 cm³/mol. The lowest BCUT2D eigenvalue weighted by atomic mass is 10.0. The van der Waals surface area contributed by atoms with Gasteiger partial charge < -0.3 is 20.5 Å². The van der Waals surface area contributed by atoms with E-state index in [2.05, 4.69) is 10.3 Å². The molecule has 1 aliphatic heterocycles. The monoisotopic (exact) mass is 593 g/mol. The van der Waals surface area contributed by atoms with Gasteiger partial charge in [0.1, 0.15) is 11.6 Å². The Hall–Kier alpha value is -3.65. The highest BCUT2D eigenvalue weighted by Crippen LogP contribution is 2.36. The number of carbonyl (C=O) groups excluding carboxylic acids is 2. The van der Waals surface area contributed by atoms with Gasteiger partial charge in [-0.25, -0.2) is 22.5 Å². The molecule has 3 N–H and O–H groups in total. The lowest BCUT2D eigenvalue weighted by molar-refractivity contribution is -0.148. The molecule has 7 nitrogen and oxygen atoms in total. The van der Waals surface area contributed by atoms with E-state index in [0.29, 0.717) is 12.1 Å². The Kier molecular flexibility index (Phi) is 9.14. The molecule has 0 bridgehead atoms. The van der Waals surface area contributed by atoms with Crippen LogP contribution in [-0.4, -0.2) is 38.9 Å². The molecule has 0 saturated carbocycles. The number of rotatable bonds is 6. The molecule has 1 atom stereocenters. The second-order valence-electron chi connectivity index (χ2n) is 9.10. The maximum Gasteiger partial charge on any atom is 0.449 e. The number of fused-ring (bicyclic) bond motifs is 1. The maximum atomic E-state index is 14.6. The van der Waals surface area contributed by atoms with Crippen molar-refractivity contribution >= 4 is 29.9 Å². The van der Waals surface area contributed by atoms with Crippen molar-refractivity contribution in [3.8, 4) is 11.3 Å². The van der Waals surface area contributed by atoms with Crippen LogP contribution in [0.25, 0.3) is 11.3 Å². The molecule has 1 aromatic heterocycles. The Morgan fingerprint density at radius 3 is 2.33 bits per heavy atom. The van der Waals surface area contributed by atoms with Crippen LogP contribution >= 0.6 is 12.4 Å². The van der Waals surface area contributed by atoms with Gasteiger partial charge in [-0.05, 0) is 30.2 Å². The van der Waals surface area contributed by atoms with Crippen LogP contribution in [-0.2, 0) is 35.3 Å². The highest BCUT2D eigenvalue weighted by Gasteiger charge is 2.41. The minimum absolute atomic E-state index is 0. The smallest absolute Gasteiger partial charge is 0.335 e. The summed E-state index contributed by atoms with van der Waals surface area (Å²) in [5.41, 5.74) is 5.36. The number of hydrogen-bond acceptors (Lipinski definition) is 4. The fraction of sp³-hybridized carbons (Fsp3) is 0.320. The number of amides is 2. The Morgan fingerprint density at radius 1 is 1.02 bits per heavy atom. The molecule has 40 heavy (non-hydrogen) atoms. The molecule has 2 heterocycles. The van der Waals surface area contributed by atoms with Crippen LogP contribution in [0.5, 0.6) is 0 Å². The van der Waals surface area contributed by atoms with Crippen LogP contribution in [0.1, 0.15) is 30.4 Å². The van der Waals surface area contributed by atoms with Crippen molar-refractivity contribution in [3.05, 3.63) is 70.7 Å². The topological polar surface area (TPSA) is 93.2 Å². The average Bonchev–Trinajstić information content (AvgIpc) is 3.23. The summed E-state index contributed by atoms with van der Waals surface area (Å²) < 4.78 is 97.3. The van der Waals surface area contributed by atoms with Crippen molar-refractivity contribution in [3.63, 3.8) is 0 Å². The molecule has 1 aliphatic rings. The average molecular weight is 594 g/mol. The second-order valence-corrected chi connectivity index (χ2v) is 9.10. The van der Waals surface area contributed by atoms with Crippen molar-refractivity contribution in [2.24, 2.45) is 5.73 Å². The van der Waals surface area contributed by atoms with Gasteiger partial charge in [0.15, 0.2) is 11.6 Å². The fourth-order valence-corrected chi connectivity index (χ4v) is 4.41. The first kappa shape index (κ1) is 30.9. The van der Waals surface area contributed by atoms with Gasteiger partial charge in [0.25, 0.3) is 0 Å². The van der Waals surface area contributed by atoms with Gasteiger partial charge in [-0.15, -0.1) is 12.4 Å². The zero-order valence-corrected chi connectivity index (χ0v) is 21.6. The molecule has 2 aromatic carbocycles. The lowest BCUT2D eigenvalue weighted by Gasteiger charge is -2.30. The molecule has 216 valence electrons. The van der Waals surface area contributed by atoms with Crippen molar-refractivity contribution < 1.29 is 40.3 Å². The molecular weight excluding hydrogens is 571 g/mol. The van der Waals surface area contributed by atoms with Crippen LogP contribution < -0.4 is 11.1 Å². The molecule has 0 spiro atoms. The first-order valence-electron chi connectivity index (χ1n) is 11.7. The van der Waals surface area contributed by atoms with Crippen molar-refractivity contribution in [1.82, 2.24) is 14.5 Å². The first-order valence-corrected chi connectivity index (χ1v) is 11.7. The minimum Gasteiger partial charge on any atom is -0.335 e. The largest absolute Gasteiger partial charge is 0.449 e. The third-order valence-corrected chi connectivity index (χ3v) is 6.17. The highest BCUT2D eigenvalue weighted by atomic mass is 35.5. The SMILES string of the molecule is CC(=O)Nc1ccc(-c2nc(C(F)(F)F)n3c2CN(C(=O)C[C@H](N)Cc2cc(F)c(F)cc2F)CC3)cc1F.Cl. The van der Waals surface area contributed by atoms with E-state index >= 15 is 0 Å². The molecule has 4 rings (SSSR count). The zero-order chi connectivity index (χ0) is 28.6. The standard InChI is InChI=1S/C25H22F7N5O2.ClH/c1-12(38)34-20-3-2-13(7-19(20)29)23-21-11-36(4-5-37(21)24(35-23)25(30,31)32)22(39)9-15(33)6-14-8-17(27)18(28)10-16(14)26;/h2-3,7-8,10,15H,4-6,9,11,33H2,1H3,(H,34,38);1H/t15-;/m1./s1. The van der Waals surface area contributed by atoms with Gasteiger partial charge in [-0.1, -0.05) is 6.07 Å². The molecule has 0 unspecified atom stereocenters. The Labute approximate surface area is 229 Å². The van der Waals surface area contributed by atoms with Crippen LogP contribution in [0, 0.1) is 23.3 Å². The third kappa shape index (κ3) is 6.55. The Morgan fingerprint density at radius 2 is 1.70 bits per heavy atom. The van der Waals surface area contributed by atoms with E-state index in [-0.39, 0.29) is 73.1 Å². The van der Waals surface area contributed by atoms with Crippen molar-refractivity contribution in [2.45, 2.75) is 45.1 Å². The van der Waals surface area contributed by atoms with Gasteiger partial charge >= 0.3 is 6.18 Å². The van der Waals surface area contributed by atoms with Crippen molar-refractivity contribution in [2.75, 3.05) is 11.9 Å². The van der Waals surface area contributed by atoms with Crippen LogP contribution in [0.4, 0.5) is 36.4 Å². The van der Waals surface area contributed by atoms with Crippen molar-refractivity contribution in [1.29, 1.82) is 0 Å². The summed E-state index contributed by atoms with van der Waals surface area (Å²) in [6.45, 7) is 0.481. The molecule has 0 radical (unpaired) electrons. The summed E-state index contributed by atoms with van der Waals surface area (Å²) in [6.07, 6.45) is -5.47. The second kappa shape index (κ2) is 11.8. The number of nitrogens with two attached hydrogens (primary N) is 1. The van der Waals surface area contributed by atoms with E-state index in [1.54, 1.807) is 0 Å². The van der Waals surface area contributed by atoms with E-state index in [0.717, 1.165) is 10.6 Å². The van der Waals surface area contributed by atoms with Crippen LogP contribution in [0.2, 0.25) is 0 Å². The number of alkyl halides is 3. The van der Waals surface area contributed by atoms with Gasteiger partial charge in [-0.3, -0.25) is 9.59 Å². The number of imidazole rings is 1. The molecule has 0 aliphatic carbocycles. The minimum atomic E-state index is -4.83. The lowest BCUT2D eigenvalue weighted by Crippen LogP contribution is -2.42. The quantitative estimate of drug-likeness (QED) is 0.317. The summed E-state index contributed by atoms with van der Waals surface area (Å²) in [5.74, 6) is -6.88. The number of halogens is 8. The van der Waals surface area contributed by atoms with E-state index < -0.39 is 53.1 Å². The normalized spacial score (nSPS) is 13.9. The summed E-state index contributed by atoms with van der Waals surface area (Å²) in [5, 5.41) is 2.26. The van der Waals surface area contributed by atoms with Gasteiger partial charge in [0, 0.05) is 44.1 Å². The highest BCUT2D eigenvalue weighted by molar-refractivity contribution is 5.89. The number of nitrogens with zero attached hydrogens (tertiary/aromatic N) is 3. The number of carbonyl (C=O) groups is 2. The zero-order valence-electron chi connectivity index (χ0n) is 20.8. The Bertz CT molecular complexity index is 1440. The fourth-order valence-electron chi connectivity index (χ4n) is 4.41. The summed E-state index contributed by atoms with van der Waals surface area (Å²) in [4.78, 5) is 29.1. The molecular formula is C25H23ClF7N5O2. The molecule has 0 fully saturated rings. The van der Waals surface area contributed by atoms with Crippen LogP contribution in [0.3, 0.4) is 0 Å². The third-order valence-electron chi connectivity index (χ3n) is 6.17. The van der Waals surface area contributed by atoms with Gasteiger partial charge in [0.05, 0.1) is 23.6 Å². The van der Waals surface area contributed by atoms with E-state index in [4.69, 9.17) is 5.73 Å². The maximum absolute atomic E-state index is 14.6. The van der Waals surface area contributed by atoms with E-state index in [1.807, 2.05) is 0 Å². The number of hydrogen-bond donors (Lipinski definition) is 2. The Balaban J connectivity index is 0.00000441. The number of anilines is 1. The summed E-state index contributed by atoms with van der Waals surface area (Å²) in [7, 11) is 0. The predicted octanol–water partition coefficient (Wildman–Crippen LogP) is 4.81. The summed E-state index contributed by atoms with van der Waals surface area (Å²) >= 11 is 0. The molecule has 15 heteroatoms. The molecule has 2 amide bonds. The molecule has 0 saturated heterocycles. The van der Waals surface area contributed by atoms with Gasteiger partial charge in [0.2, 0.25) is 17.6 Å². The van der Waals surface area contributed by atoms with Gasteiger partial charge in [-0.2, -0.15) is 13.2 Å². The van der Waals surface area contributed by atoms with Crippen LogP contribution in [0.15, 0.2) is 30.3 Å². The van der Waals surface area contributed by atoms with E-state index in [9.17, 15) is 40.3 Å². The number of aromatic nitrogens is 2. The van der Waals surface area contributed by atoms with E-state index in [1.165, 1.54) is 24.0 Å². The summed E-state index contributed by atoms with van der Waals surface area (Å²) in [6, 6.07) is 3.44. The molecule has 3 aromatic rings. The number of nitrogens with one attached hydrogen (secondary N) is 1.